The lowest BCUT2D eigenvalue weighted by Crippen LogP contribution is -2.39. The Hall–Kier alpha value is -1.66. The number of non-ortho nitro benzene ring substituents is 1. The van der Waals surface area contributed by atoms with Crippen LogP contribution < -0.4 is 15.4 Å². The summed E-state index contributed by atoms with van der Waals surface area (Å²) in [4.78, 5) is 9.76. The van der Waals surface area contributed by atoms with E-state index in [0.29, 0.717) is 5.75 Å². The molecule has 0 unspecified atom stereocenters. The van der Waals surface area contributed by atoms with E-state index < -0.39 is 4.92 Å². The van der Waals surface area contributed by atoms with E-state index in [9.17, 15) is 10.1 Å². The molecule has 2 N–H and O–H groups in total. The molecule has 1 heterocycles. The molecular formula is C11H17N3O3. The quantitative estimate of drug-likeness (QED) is 0.589. The van der Waals surface area contributed by atoms with Gasteiger partial charge in [-0.25, -0.2) is 0 Å². The number of nitrogens with one attached hydrogen (secondary N) is 2. The molecule has 0 aromatic heterocycles. The Bertz CT molecular complexity index is 342. The minimum atomic E-state index is -0.456. The number of piperazine rings is 1. The lowest BCUT2D eigenvalue weighted by atomic mass is 10.3. The highest BCUT2D eigenvalue weighted by atomic mass is 16.6. The molecule has 2 rings (SSSR count). The lowest BCUT2D eigenvalue weighted by molar-refractivity contribution is -0.384. The molecule has 1 aromatic rings. The molecular weight excluding hydrogens is 222 g/mol. The van der Waals surface area contributed by atoms with Gasteiger partial charge in [-0.15, -0.1) is 0 Å². The van der Waals surface area contributed by atoms with E-state index in [4.69, 9.17) is 4.74 Å². The zero-order valence-electron chi connectivity index (χ0n) is 9.81. The van der Waals surface area contributed by atoms with Crippen LogP contribution in [0, 0.1) is 10.1 Å². The summed E-state index contributed by atoms with van der Waals surface area (Å²) >= 11 is 0. The fourth-order valence-corrected chi connectivity index (χ4v) is 1.33. The maximum Gasteiger partial charge on any atom is 0.273 e. The van der Waals surface area contributed by atoms with Gasteiger partial charge >= 0.3 is 0 Å². The molecule has 0 radical (unpaired) electrons. The maximum absolute atomic E-state index is 10.2. The monoisotopic (exact) mass is 239 g/mol. The van der Waals surface area contributed by atoms with E-state index in [2.05, 4.69) is 10.6 Å². The molecule has 17 heavy (non-hydrogen) atoms. The first-order valence-corrected chi connectivity index (χ1v) is 5.44. The molecule has 1 aliphatic rings. The number of rotatable bonds is 2. The van der Waals surface area contributed by atoms with Crippen molar-refractivity contribution in [3.8, 4) is 5.75 Å². The number of nitro benzene ring substituents is 1. The van der Waals surface area contributed by atoms with Gasteiger partial charge in [0, 0.05) is 32.2 Å². The van der Waals surface area contributed by atoms with E-state index in [0.717, 1.165) is 26.2 Å². The first-order valence-electron chi connectivity index (χ1n) is 5.44. The molecule has 0 atom stereocenters. The van der Waals surface area contributed by atoms with Crippen molar-refractivity contribution in [1.82, 2.24) is 10.6 Å². The van der Waals surface area contributed by atoms with E-state index in [-0.39, 0.29) is 5.69 Å². The molecule has 0 saturated carbocycles. The van der Waals surface area contributed by atoms with Crippen molar-refractivity contribution < 1.29 is 9.66 Å². The van der Waals surface area contributed by atoms with Gasteiger partial charge in [-0.2, -0.15) is 0 Å². The number of nitrogens with zero attached hydrogens (tertiary/aromatic N) is 1. The first kappa shape index (κ1) is 13.4. The van der Waals surface area contributed by atoms with E-state index in [1.165, 1.54) is 19.2 Å². The Kier molecular flexibility index (Phi) is 5.98. The minimum absolute atomic E-state index is 0.0457. The normalized spacial score (nSPS) is 14.4. The van der Waals surface area contributed by atoms with Gasteiger partial charge in [0.15, 0.2) is 0 Å². The summed E-state index contributed by atoms with van der Waals surface area (Å²) in [6.45, 7) is 4.56. The van der Waals surface area contributed by atoms with Crippen LogP contribution in [0.1, 0.15) is 0 Å². The van der Waals surface area contributed by atoms with Crippen molar-refractivity contribution >= 4 is 5.69 Å². The van der Waals surface area contributed by atoms with Gasteiger partial charge in [0.1, 0.15) is 5.75 Å². The average Bonchev–Trinajstić information content (AvgIpc) is 2.41. The Morgan fingerprint density at radius 2 is 1.82 bits per heavy atom. The number of methoxy groups -OCH3 is 1. The molecule has 6 heteroatoms. The van der Waals surface area contributed by atoms with Crippen LogP contribution >= 0.6 is 0 Å². The molecule has 1 aromatic carbocycles. The zero-order valence-corrected chi connectivity index (χ0v) is 9.81. The number of ether oxygens (including phenoxy) is 1. The molecule has 0 bridgehead atoms. The SMILES string of the molecule is C1CNCCN1.COc1cccc([N+](=O)[O-])c1. The van der Waals surface area contributed by atoms with E-state index in [1.807, 2.05) is 0 Å². The van der Waals surface area contributed by atoms with Crippen molar-refractivity contribution in [2.24, 2.45) is 0 Å². The van der Waals surface area contributed by atoms with Gasteiger partial charge in [0.05, 0.1) is 18.1 Å². The van der Waals surface area contributed by atoms with Crippen LogP contribution in [-0.4, -0.2) is 38.2 Å². The second-order valence-electron chi connectivity index (χ2n) is 3.46. The third-order valence-electron chi connectivity index (χ3n) is 2.22. The van der Waals surface area contributed by atoms with Crippen LogP contribution in [-0.2, 0) is 0 Å². The van der Waals surface area contributed by atoms with Gasteiger partial charge in [0.25, 0.3) is 5.69 Å². The van der Waals surface area contributed by atoms with Gasteiger partial charge in [0.2, 0.25) is 0 Å². The van der Waals surface area contributed by atoms with Crippen LogP contribution in [0.25, 0.3) is 0 Å². The average molecular weight is 239 g/mol. The molecule has 94 valence electrons. The summed E-state index contributed by atoms with van der Waals surface area (Å²) in [5.74, 6) is 0.499. The number of benzene rings is 1. The summed E-state index contributed by atoms with van der Waals surface area (Å²) in [7, 11) is 1.47. The van der Waals surface area contributed by atoms with Gasteiger partial charge in [-0.05, 0) is 6.07 Å². The third kappa shape index (κ3) is 5.28. The fourth-order valence-electron chi connectivity index (χ4n) is 1.33. The topological polar surface area (TPSA) is 76.4 Å². The molecule has 1 aliphatic heterocycles. The van der Waals surface area contributed by atoms with Crippen molar-refractivity contribution in [1.29, 1.82) is 0 Å². The molecule has 0 spiro atoms. The number of hydrogen-bond donors (Lipinski definition) is 2. The second kappa shape index (κ2) is 7.59. The summed E-state index contributed by atoms with van der Waals surface area (Å²) < 4.78 is 4.80. The number of nitro groups is 1. The minimum Gasteiger partial charge on any atom is -0.497 e. The summed E-state index contributed by atoms with van der Waals surface area (Å²) in [5, 5.41) is 16.7. The maximum atomic E-state index is 10.2. The van der Waals surface area contributed by atoms with Crippen LogP contribution in [0.3, 0.4) is 0 Å². The van der Waals surface area contributed by atoms with Crippen molar-refractivity contribution in [2.75, 3.05) is 33.3 Å². The van der Waals surface area contributed by atoms with Gasteiger partial charge in [-0.1, -0.05) is 6.07 Å². The summed E-state index contributed by atoms with van der Waals surface area (Å²) in [6.07, 6.45) is 0. The van der Waals surface area contributed by atoms with Crippen LogP contribution in [0.4, 0.5) is 5.69 Å². The van der Waals surface area contributed by atoms with E-state index >= 15 is 0 Å². The molecule has 0 aliphatic carbocycles. The van der Waals surface area contributed by atoms with Crippen LogP contribution in [0.5, 0.6) is 5.75 Å². The molecule has 1 saturated heterocycles. The smallest absolute Gasteiger partial charge is 0.273 e. The summed E-state index contributed by atoms with van der Waals surface area (Å²) in [6, 6.07) is 6.03. The van der Waals surface area contributed by atoms with Crippen molar-refractivity contribution in [3.05, 3.63) is 34.4 Å². The zero-order chi connectivity index (χ0) is 12.5. The highest BCUT2D eigenvalue weighted by molar-refractivity contribution is 5.37. The van der Waals surface area contributed by atoms with Crippen LogP contribution in [0.15, 0.2) is 24.3 Å². The standard InChI is InChI=1S/C7H7NO3.C4H10N2/c1-11-7-4-2-3-6(5-7)8(9)10;1-2-6-4-3-5-1/h2-5H,1H3;5-6H,1-4H2. The molecule has 1 fully saturated rings. The molecule has 0 amide bonds. The highest BCUT2D eigenvalue weighted by Gasteiger charge is 2.04. The number of hydrogen-bond acceptors (Lipinski definition) is 5. The Morgan fingerprint density at radius 1 is 1.24 bits per heavy atom. The lowest BCUT2D eigenvalue weighted by Gasteiger charge is -2.11. The van der Waals surface area contributed by atoms with Gasteiger partial charge in [-0.3, -0.25) is 10.1 Å². The van der Waals surface area contributed by atoms with Crippen molar-refractivity contribution in [3.63, 3.8) is 0 Å². The predicted octanol–water partition coefficient (Wildman–Crippen LogP) is 0.783. The fraction of sp³-hybridized carbons (Fsp3) is 0.455. The van der Waals surface area contributed by atoms with Gasteiger partial charge < -0.3 is 15.4 Å². The third-order valence-corrected chi connectivity index (χ3v) is 2.22. The van der Waals surface area contributed by atoms with Crippen LogP contribution in [0.2, 0.25) is 0 Å². The highest BCUT2D eigenvalue weighted by Crippen LogP contribution is 2.17. The molecule has 6 nitrogen and oxygen atoms in total. The second-order valence-corrected chi connectivity index (χ2v) is 3.46. The first-order chi connectivity index (χ1) is 8.24. The van der Waals surface area contributed by atoms with Crippen molar-refractivity contribution in [2.45, 2.75) is 0 Å². The van der Waals surface area contributed by atoms with E-state index in [1.54, 1.807) is 12.1 Å². The Balaban J connectivity index is 0.000000202. The largest absolute Gasteiger partial charge is 0.497 e. The predicted molar refractivity (Wildman–Crippen MR) is 65.4 cm³/mol. The summed E-state index contributed by atoms with van der Waals surface area (Å²) in [5.41, 5.74) is 0.0457. The Labute approximate surface area is 100 Å². The Morgan fingerprint density at radius 3 is 2.24 bits per heavy atom.